The summed E-state index contributed by atoms with van der Waals surface area (Å²) in [6.07, 6.45) is 2.12. The summed E-state index contributed by atoms with van der Waals surface area (Å²) in [5, 5.41) is 7.16. The van der Waals surface area contributed by atoms with Gasteiger partial charge < -0.3 is 15.4 Å². The molecule has 7 heteroatoms. The van der Waals surface area contributed by atoms with E-state index in [-0.39, 0.29) is 18.3 Å². The van der Waals surface area contributed by atoms with E-state index in [9.17, 15) is 4.79 Å². The van der Waals surface area contributed by atoms with E-state index in [0.29, 0.717) is 29.6 Å². The topological polar surface area (TPSA) is 50.4 Å². The fourth-order valence-corrected chi connectivity index (χ4v) is 2.15. The maximum Gasteiger partial charge on any atom is 0.220 e. The highest BCUT2D eigenvalue weighted by Gasteiger charge is 2.03. The average molecular weight is 370 g/mol. The third-order valence-electron chi connectivity index (χ3n) is 2.96. The molecule has 126 valence electrons. The van der Waals surface area contributed by atoms with Crippen LogP contribution in [0.5, 0.6) is 0 Å². The van der Waals surface area contributed by atoms with Crippen molar-refractivity contribution in [2.75, 3.05) is 33.4 Å². The third kappa shape index (κ3) is 9.49. The summed E-state index contributed by atoms with van der Waals surface area (Å²) in [7, 11) is 1.66. The first kappa shape index (κ1) is 21.5. The van der Waals surface area contributed by atoms with Crippen molar-refractivity contribution in [2.45, 2.75) is 19.3 Å². The van der Waals surface area contributed by atoms with E-state index >= 15 is 0 Å². The molecule has 22 heavy (non-hydrogen) atoms. The molecule has 1 rings (SSSR count). The van der Waals surface area contributed by atoms with Crippen LogP contribution in [0.25, 0.3) is 0 Å². The summed E-state index contributed by atoms with van der Waals surface area (Å²) in [4.78, 5) is 11.6. The number of hydrogen-bond donors (Lipinski definition) is 2. The van der Waals surface area contributed by atoms with Crippen LogP contribution < -0.4 is 10.6 Å². The summed E-state index contributed by atoms with van der Waals surface area (Å²) in [5.74, 6) is 0.0728. The molecule has 0 heterocycles. The minimum atomic E-state index is 0. The van der Waals surface area contributed by atoms with Crippen LogP contribution in [0.2, 0.25) is 10.0 Å². The van der Waals surface area contributed by atoms with Gasteiger partial charge in [-0.25, -0.2) is 0 Å². The summed E-state index contributed by atoms with van der Waals surface area (Å²) < 4.78 is 4.91. The lowest BCUT2D eigenvalue weighted by Crippen LogP contribution is -2.32. The number of aryl methyl sites for hydroxylation is 1. The van der Waals surface area contributed by atoms with Gasteiger partial charge in [0.1, 0.15) is 0 Å². The van der Waals surface area contributed by atoms with E-state index < -0.39 is 0 Å². The highest BCUT2D eigenvalue weighted by molar-refractivity contribution is 6.42. The smallest absolute Gasteiger partial charge is 0.220 e. The zero-order chi connectivity index (χ0) is 15.5. The molecule has 0 fully saturated rings. The second-order valence-electron chi connectivity index (χ2n) is 4.69. The summed E-state index contributed by atoms with van der Waals surface area (Å²) in [6.45, 7) is 2.86. The van der Waals surface area contributed by atoms with Crippen molar-refractivity contribution in [1.29, 1.82) is 0 Å². The van der Waals surface area contributed by atoms with Gasteiger partial charge in [-0.1, -0.05) is 29.3 Å². The number of amides is 1. The molecule has 0 aliphatic heterocycles. The maximum atomic E-state index is 11.6. The van der Waals surface area contributed by atoms with Crippen molar-refractivity contribution in [3.8, 4) is 0 Å². The molecule has 0 aromatic heterocycles. The summed E-state index contributed by atoms with van der Waals surface area (Å²) in [5.41, 5.74) is 1.10. The van der Waals surface area contributed by atoms with Gasteiger partial charge in [-0.05, 0) is 30.5 Å². The lowest BCUT2D eigenvalue weighted by molar-refractivity contribution is -0.121. The SMILES string of the molecule is COCCNCCNC(=O)CCCc1ccc(Cl)c(Cl)c1.Cl. The highest BCUT2D eigenvalue weighted by atomic mass is 35.5. The van der Waals surface area contributed by atoms with Crippen molar-refractivity contribution in [3.63, 3.8) is 0 Å². The number of halogens is 3. The van der Waals surface area contributed by atoms with Gasteiger partial charge in [0, 0.05) is 33.2 Å². The fourth-order valence-electron chi connectivity index (χ4n) is 1.83. The number of benzene rings is 1. The molecule has 1 amide bonds. The Bertz CT molecular complexity index is 445. The molecule has 2 N–H and O–H groups in total. The Kier molecular flexibility index (Phi) is 12.7. The van der Waals surface area contributed by atoms with Crippen LogP contribution in [-0.4, -0.2) is 39.3 Å². The van der Waals surface area contributed by atoms with Gasteiger partial charge in [0.15, 0.2) is 0 Å². The van der Waals surface area contributed by atoms with E-state index in [1.165, 1.54) is 0 Å². The highest BCUT2D eigenvalue weighted by Crippen LogP contribution is 2.23. The monoisotopic (exact) mass is 368 g/mol. The van der Waals surface area contributed by atoms with Gasteiger partial charge in [0.2, 0.25) is 5.91 Å². The van der Waals surface area contributed by atoms with Gasteiger partial charge in [0.05, 0.1) is 16.7 Å². The van der Waals surface area contributed by atoms with Crippen LogP contribution >= 0.6 is 35.6 Å². The first-order chi connectivity index (χ1) is 10.1. The Morgan fingerprint density at radius 2 is 1.95 bits per heavy atom. The Balaban J connectivity index is 0.00000441. The molecule has 0 unspecified atom stereocenters. The van der Waals surface area contributed by atoms with Gasteiger partial charge in [-0.15, -0.1) is 12.4 Å². The predicted octanol–water partition coefficient (Wildman–Crippen LogP) is 3.09. The normalized spacial score (nSPS) is 10.1. The van der Waals surface area contributed by atoms with Gasteiger partial charge in [-0.2, -0.15) is 0 Å². The quantitative estimate of drug-likeness (QED) is 0.623. The number of ether oxygens (including phenoxy) is 1. The molecule has 0 aliphatic rings. The molecule has 0 saturated heterocycles. The van der Waals surface area contributed by atoms with Crippen molar-refractivity contribution < 1.29 is 9.53 Å². The van der Waals surface area contributed by atoms with Crippen LogP contribution in [0.3, 0.4) is 0 Å². The molecule has 0 bridgehead atoms. The Labute approximate surface area is 148 Å². The second-order valence-corrected chi connectivity index (χ2v) is 5.51. The van der Waals surface area contributed by atoms with Crippen LogP contribution in [0.15, 0.2) is 18.2 Å². The van der Waals surface area contributed by atoms with E-state index in [2.05, 4.69) is 10.6 Å². The average Bonchev–Trinajstić information content (AvgIpc) is 2.46. The van der Waals surface area contributed by atoms with Crippen molar-refractivity contribution >= 4 is 41.5 Å². The summed E-state index contributed by atoms with van der Waals surface area (Å²) >= 11 is 11.8. The van der Waals surface area contributed by atoms with Crippen molar-refractivity contribution in [1.82, 2.24) is 10.6 Å². The molecule has 0 radical (unpaired) electrons. The Morgan fingerprint density at radius 3 is 2.64 bits per heavy atom. The standard InChI is InChI=1S/C15H22Cl2N2O2.ClH/c1-21-10-9-18-7-8-19-15(20)4-2-3-12-5-6-13(16)14(17)11-12;/h5-6,11,18H,2-4,7-10H2,1H3,(H,19,20);1H. The molecular weight excluding hydrogens is 347 g/mol. The van der Waals surface area contributed by atoms with Crippen LogP contribution in [-0.2, 0) is 16.0 Å². The molecule has 0 aliphatic carbocycles. The number of carbonyl (C=O) groups excluding carboxylic acids is 1. The molecule has 0 atom stereocenters. The fraction of sp³-hybridized carbons (Fsp3) is 0.533. The molecule has 0 saturated carbocycles. The predicted molar refractivity (Wildman–Crippen MR) is 94.4 cm³/mol. The van der Waals surface area contributed by atoms with E-state index in [4.69, 9.17) is 27.9 Å². The van der Waals surface area contributed by atoms with E-state index in [1.54, 1.807) is 13.2 Å². The number of hydrogen-bond acceptors (Lipinski definition) is 3. The number of methoxy groups -OCH3 is 1. The van der Waals surface area contributed by atoms with Crippen LogP contribution in [0.4, 0.5) is 0 Å². The maximum absolute atomic E-state index is 11.6. The van der Waals surface area contributed by atoms with Gasteiger partial charge >= 0.3 is 0 Å². The first-order valence-electron chi connectivity index (χ1n) is 7.03. The summed E-state index contributed by atoms with van der Waals surface area (Å²) in [6, 6.07) is 5.57. The largest absolute Gasteiger partial charge is 0.383 e. The van der Waals surface area contributed by atoms with Crippen LogP contribution in [0.1, 0.15) is 18.4 Å². The molecular formula is C15H23Cl3N2O2. The molecule has 1 aromatic carbocycles. The Morgan fingerprint density at radius 1 is 1.18 bits per heavy atom. The van der Waals surface area contributed by atoms with Crippen molar-refractivity contribution in [3.05, 3.63) is 33.8 Å². The third-order valence-corrected chi connectivity index (χ3v) is 3.70. The molecule has 4 nitrogen and oxygen atoms in total. The zero-order valence-electron chi connectivity index (χ0n) is 12.7. The van der Waals surface area contributed by atoms with E-state index in [1.807, 2.05) is 12.1 Å². The van der Waals surface area contributed by atoms with E-state index in [0.717, 1.165) is 31.5 Å². The number of carbonyl (C=O) groups is 1. The lowest BCUT2D eigenvalue weighted by Gasteiger charge is -2.07. The number of rotatable bonds is 10. The second kappa shape index (κ2) is 13.0. The lowest BCUT2D eigenvalue weighted by atomic mass is 10.1. The number of nitrogens with one attached hydrogen (secondary N) is 2. The minimum absolute atomic E-state index is 0. The minimum Gasteiger partial charge on any atom is -0.383 e. The zero-order valence-corrected chi connectivity index (χ0v) is 15.0. The van der Waals surface area contributed by atoms with Gasteiger partial charge in [0.25, 0.3) is 0 Å². The van der Waals surface area contributed by atoms with Gasteiger partial charge in [-0.3, -0.25) is 4.79 Å². The van der Waals surface area contributed by atoms with Crippen molar-refractivity contribution in [2.24, 2.45) is 0 Å². The van der Waals surface area contributed by atoms with Crippen LogP contribution in [0, 0.1) is 0 Å². The molecule has 1 aromatic rings. The first-order valence-corrected chi connectivity index (χ1v) is 7.79. The Hall–Kier alpha value is -0.520. The molecule has 0 spiro atoms.